The summed E-state index contributed by atoms with van der Waals surface area (Å²) in [6.45, 7) is 3.28. The molecule has 0 bridgehead atoms. The highest BCUT2D eigenvalue weighted by Gasteiger charge is 2.20. The van der Waals surface area contributed by atoms with E-state index in [1.54, 1.807) is 19.1 Å². The lowest BCUT2D eigenvalue weighted by Crippen LogP contribution is -2.33. The van der Waals surface area contributed by atoms with Crippen LogP contribution in [0.2, 0.25) is 0 Å². The highest BCUT2D eigenvalue weighted by atomic mass is 79.9. The van der Waals surface area contributed by atoms with Crippen molar-refractivity contribution >= 4 is 45.5 Å². The van der Waals surface area contributed by atoms with Crippen LogP contribution >= 0.6 is 27.7 Å². The zero-order chi connectivity index (χ0) is 27.1. The van der Waals surface area contributed by atoms with Crippen LogP contribution in [0, 0.1) is 35.3 Å². The van der Waals surface area contributed by atoms with Crippen LogP contribution in [0.3, 0.4) is 0 Å². The SMILES string of the molecule is COCc1c(Br)c(C)n(CC(=O)NN=Cc2ccc(Sc3ccc(C)cc3)c([N+](=O)[O-])c2)c(=O)c1C#N. The van der Waals surface area contributed by atoms with E-state index in [-0.39, 0.29) is 24.4 Å². The molecule has 190 valence electrons. The molecule has 0 unspecified atom stereocenters. The molecule has 0 aliphatic carbocycles. The summed E-state index contributed by atoms with van der Waals surface area (Å²) in [4.78, 5) is 37.7. The monoisotopic (exact) mass is 583 g/mol. The molecule has 12 heteroatoms. The van der Waals surface area contributed by atoms with E-state index in [0.29, 0.717) is 26.2 Å². The summed E-state index contributed by atoms with van der Waals surface area (Å²) in [7, 11) is 1.45. The number of amides is 1. The van der Waals surface area contributed by atoms with Crippen molar-refractivity contribution in [1.82, 2.24) is 9.99 Å². The van der Waals surface area contributed by atoms with Crippen LogP contribution in [0.15, 0.2) is 66.6 Å². The van der Waals surface area contributed by atoms with Crippen molar-refractivity contribution in [2.45, 2.75) is 36.8 Å². The molecule has 1 amide bonds. The predicted molar refractivity (Wildman–Crippen MR) is 143 cm³/mol. The second-order valence-electron chi connectivity index (χ2n) is 7.88. The maximum atomic E-state index is 12.8. The molecule has 0 saturated carbocycles. The van der Waals surface area contributed by atoms with E-state index < -0.39 is 16.4 Å². The summed E-state index contributed by atoms with van der Waals surface area (Å²) >= 11 is 4.65. The Morgan fingerprint density at radius 2 is 2.00 bits per heavy atom. The van der Waals surface area contributed by atoms with Gasteiger partial charge in [-0.25, -0.2) is 5.43 Å². The van der Waals surface area contributed by atoms with Gasteiger partial charge in [0.05, 0.1) is 22.6 Å². The lowest BCUT2D eigenvalue weighted by Gasteiger charge is -2.15. The van der Waals surface area contributed by atoms with Gasteiger partial charge in [0.25, 0.3) is 17.2 Å². The molecular formula is C25H22BrN5O5S. The Morgan fingerprint density at radius 3 is 2.62 bits per heavy atom. The van der Waals surface area contributed by atoms with Gasteiger partial charge in [-0.1, -0.05) is 35.5 Å². The highest BCUT2D eigenvalue weighted by molar-refractivity contribution is 9.10. The Hall–Kier alpha value is -3.79. The largest absolute Gasteiger partial charge is 0.380 e. The number of nitrogens with zero attached hydrogens (tertiary/aromatic N) is 4. The number of hydrogen-bond acceptors (Lipinski definition) is 8. The maximum Gasteiger partial charge on any atom is 0.283 e. The third-order valence-corrected chi connectivity index (χ3v) is 7.41. The number of benzene rings is 2. The molecular weight excluding hydrogens is 562 g/mol. The van der Waals surface area contributed by atoms with Gasteiger partial charge in [0.15, 0.2) is 0 Å². The van der Waals surface area contributed by atoms with Crippen molar-refractivity contribution in [2.75, 3.05) is 7.11 Å². The van der Waals surface area contributed by atoms with Crippen LogP contribution < -0.4 is 11.0 Å². The fourth-order valence-electron chi connectivity index (χ4n) is 3.38. The van der Waals surface area contributed by atoms with Gasteiger partial charge in [0.2, 0.25) is 0 Å². The second-order valence-corrected chi connectivity index (χ2v) is 9.79. The van der Waals surface area contributed by atoms with Crippen LogP contribution in [0.1, 0.15) is 27.9 Å². The number of nitro groups is 1. The Labute approximate surface area is 225 Å². The predicted octanol–water partition coefficient (Wildman–Crippen LogP) is 4.46. The normalized spacial score (nSPS) is 10.9. The van der Waals surface area contributed by atoms with Gasteiger partial charge in [0, 0.05) is 39.4 Å². The number of nitrogens with one attached hydrogen (secondary N) is 1. The van der Waals surface area contributed by atoms with Gasteiger partial charge in [-0.15, -0.1) is 0 Å². The van der Waals surface area contributed by atoms with E-state index in [4.69, 9.17) is 4.74 Å². The van der Waals surface area contributed by atoms with E-state index in [9.17, 15) is 25.0 Å². The first-order valence-electron chi connectivity index (χ1n) is 10.8. The quantitative estimate of drug-likeness (QED) is 0.223. The van der Waals surface area contributed by atoms with E-state index in [1.165, 1.54) is 31.2 Å². The minimum atomic E-state index is -0.619. The lowest BCUT2D eigenvalue weighted by molar-refractivity contribution is -0.387. The van der Waals surface area contributed by atoms with Crippen molar-refractivity contribution in [3.8, 4) is 6.07 Å². The number of nitriles is 1. The molecule has 10 nitrogen and oxygen atoms in total. The number of aryl methyl sites for hydroxylation is 1. The average Bonchev–Trinajstić information content (AvgIpc) is 2.87. The molecule has 0 aliphatic heterocycles. The summed E-state index contributed by atoms with van der Waals surface area (Å²) in [5.74, 6) is -0.613. The molecule has 37 heavy (non-hydrogen) atoms. The average molecular weight is 584 g/mol. The van der Waals surface area contributed by atoms with Crippen molar-refractivity contribution in [3.05, 3.63) is 95.4 Å². The van der Waals surface area contributed by atoms with Gasteiger partial charge in [0.1, 0.15) is 18.2 Å². The first kappa shape index (κ1) is 27.8. The summed E-state index contributed by atoms with van der Waals surface area (Å²) in [6, 6.07) is 14.2. The van der Waals surface area contributed by atoms with Gasteiger partial charge in [-0.3, -0.25) is 19.7 Å². The number of carbonyl (C=O) groups is 1. The van der Waals surface area contributed by atoms with Crippen molar-refractivity contribution < 1.29 is 14.5 Å². The smallest absolute Gasteiger partial charge is 0.283 e. The number of ether oxygens (including phenoxy) is 1. The number of rotatable bonds is 9. The van der Waals surface area contributed by atoms with Gasteiger partial charge in [-0.05, 0) is 48.0 Å². The van der Waals surface area contributed by atoms with Crippen LogP contribution in [0.5, 0.6) is 0 Å². The van der Waals surface area contributed by atoms with Crippen molar-refractivity contribution in [3.63, 3.8) is 0 Å². The first-order chi connectivity index (χ1) is 17.7. The molecule has 0 atom stereocenters. The minimum absolute atomic E-state index is 0.0609. The Kier molecular flexibility index (Phi) is 9.35. The number of hydrazone groups is 1. The summed E-state index contributed by atoms with van der Waals surface area (Å²) in [5.41, 5.74) is 3.85. The second kappa shape index (κ2) is 12.4. The number of aromatic nitrogens is 1. The highest BCUT2D eigenvalue weighted by Crippen LogP contribution is 2.35. The summed E-state index contributed by atoms with van der Waals surface area (Å²) in [5, 5.41) is 24.9. The third kappa shape index (κ3) is 6.71. The molecule has 3 rings (SSSR count). The van der Waals surface area contributed by atoms with Crippen molar-refractivity contribution in [1.29, 1.82) is 5.26 Å². The molecule has 1 aromatic heterocycles. The fraction of sp³-hybridized carbons (Fsp3) is 0.200. The van der Waals surface area contributed by atoms with Gasteiger partial charge >= 0.3 is 0 Å². The van der Waals surface area contributed by atoms with Gasteiger partial charge in [-0.2, -0.15) is 10.4 Å². The maximum absolute atomic E-state index is 12.8. The number of hydrogen-bond donors (Lipinski definition) is 1. The summed E-state index contributed by atoms with van der Waals surface area (Å²) < 4.78 is 6.73. The molecule has 1 N–H and O–H groups in total. The van der Waals surface area contributed by atoms with Crippen LogP contribution in [0.25, 0.3) is 0 Å². The first-order valence-corrected chi connectivity index (χ1v) is 12.4. The van der Waals surface area contributed by atoms with E-state index >= 15 is 0 Å². The summed E-state index contributed by atoms with van der Waals surface area (Å²) in [6.07, 6.45) is 1.28. The molecule has 1 heterocycles. The Morgan fingerprint density at radius 1 is 1.30 bits per heavy atom. The number of methoxy groups -OCH3 is 1. The molecule has 0 saturated heterocycles. The van der Waals surface area contributed by atoms with E-state index in [0.717, 1.165) is 15.0 Å². The zero-order valence-corrected chi connectivity index (χ0v) is 22.6. The number of nitro benzene ring substituents is 1. The molecule has 2 aromatic carbocycles. The topological polar surface area (TPSA) is 140 Å². The minimum Gasteiger partial charge on any atom is -0.380 e. The molecule has 0 aliphatic rings. The van der Waals surface area contributed by atoms with Crippen LogP contribution in [-0.2, 0) is 22.7 Å². The molecule has 0 fully saturated rings. The number of halogens is 1. The number of carbonyl (C=O) groups excluding carboxylic acids is 1. The Balaban J connectivity index is 1.75. The Bertz CT molecular complexity index is 1480. The standard InChI is InChI=1S/C25H22BrN5O5S/c1-15-4-7-18(8-5-15)37-22-9-6-17(10-21(22)31(34)35)12-28-29-23(32)13-30-16(2)24(26)20(14-36-3)19(11-27)25(30)33/h4-10,12H,13-14H2,1-3H3,(H,29,32). The third-order valence-electron chi connectivity index (χ3n) is 5.28. The molecule has 3 aromatic rings. The fourth-order valence-corrected chi connectivity index (χ4v) is 4.81. The lowest BCUT2D eigenvalue weighted by atomic mass is 10.1. The van der Waals surface area contributed by atoms with Crippen LogP contribution in [-0.4, -0.2) is 28.7 Å². The van der Waals surface area contributed by atoms with Gasteiger partial charge < -0.3 is 9.30 Å². The van der Waals surface area contributed by atoms with Crippen LogP contribution in [0.4, 0.5) is 5.69 Å². The molecule has 0 radical (unpaired) electrons. The van der Waals surface area contributed by atoms with E-state index in [2.05, 4.69) is 26.5 Å². The number of pyridine rings is 1. The van der Waals surface area contributed by atoms with E-state index in [1.807, 2.05) is 37.3 Å². The zero-order valence-electron chi connectivity index (χ0n) is 20.1. The molecule has 0 spiro atoms. The van der Waals surface area contributed by atoms with Crippen molar-refractivity contribution in [2.24, 2.45) is 5.10 Å².